The van der Waals surface area contributed by atoms with Gasteiger partial charge in [-0.1, -0.05) is 23.8 Å². The highest BCUT2D eigenvalue weighted by Crippen LogP contribution is 2.22. The van der Waals surface area contributed by atoms with Crippen LogP contribution in [0.15, 0.2) is 42.5 Å². The molecule has 6 nitrogen and oxygen atoms in total. The number of rotatable bonds is 4. The molecule has 1 aliphatic rings. The van der Waals surface area contributed by atoms with Gasteiger partial charge in [0.2, 0.25) is 5.91 Å². The van der Waals surface area contributed by atoms with Crippen molar-refractivity contribution in [2.75, 3.05) is 17.2 Å². The Balaban J connectivity index is 0.00000261. The van der Waals surface area contributed by atoms with Crippen LogP contribution >= 0.6 is 12.4 Å². The molecule has 4 N–H and O–H groups in total. The second-order valence-corrected chi connectivity index (χ2v) is 6.69. The quantitative estimate of drug-likeness (QED) is 0.647. The lowest BCUT2D eigenvalue weighted by Gasteiger charge is -2.14. The van der Waals surface area contributed by atoms with E-state index in [0.717, 1.165) is 11.1 Å². The molecule has 0 unspecified atom stereocenters. The minimum absolute atomic E-state index is 0. The molecule has 1 saturated heterocycles. The number of amides is 2. The Bertz CT molecular complexity index is 841. The van der Waals surface area contributed by atoms with Gasteiger partial charge in [0, 0.05) is 23.5 Å². The van der Waals surface area contributed by atoms with Crippen molar-refractivity contribution in [3.8, 4) is 0 Å². The Morgan fingerprint density at radius 1 is 1.11 bits per heavy atom. The molecular weight excluding hydrogens is 366 g/mol. The molecule has 2 aromatic rings. The first kappa shape index (κ1) is 20.9. The van der Waals surface area contributed by atoms with Gasteiger partial charge in [-0.15, -0.1) is 12.4 Å². The molecule has 1 heterocycles. The molecule has 0 aromatic heterocycles. The Labute approximate surface area is 164 Å². The Kier molecular flexibility index (Phi) is 6.96. The van der Waals surface area contributed by atoms with Crippen LogP contribution in [-0.2, 0) is 4.79 Å². The number of carbonyl (C=O) groups is 2. The number of aryl methyl sites for hydroxylation is 2. The van der Waals surface area contributed by atoms with Crippen molar-refractivity contribution in [1.29, 1.82) is 0 Å². The average molecular weight is 390 g/mol. The van der Waals surface area contributed by atoms with Crippen LogP contribution < -0.4 is 16.0 Å². The van der Waals surface area contributed by atoms with Gasteiger partial charge in [-0.3, -0.25) is 9.59 Å². The van der Waals surface area contributed by atoms with E-state index in [1.165, 1.54) is 0 Å². The lowest BCUT2D eigenvalue weighted by Crippen LogP contribution is -2.35. The monoisotopic (exact) mass is 389 g/mol. The SMILES string of the molecule is Cc1cccc(C(=O)Nc2cc(NC(=O)[C@H]3C[C@@H](O)CN3)ccc2C)c1.Cl. The summed E-state index contributed by atoms with van der Waals surface area (Å²) in [7, 11) is 0. The van der Waals surface area contributed by atoms with Crippen molar-refractivity contribution >= 4 is 35.6 Å². The number of carbonyl (C=O) groups excluding carboxylic acids is 2. The van der Waals surface area contributed by atoms with E-state index in [9.17, 15) is 14.7 Å². The molecule has 1 fully saturated rings. The van der Waals surface area contributed by atoms with Crippen molar-refractivity contribution in [2.45, 2.75) is 32.4 Å². The standard InChI is InChI=1S/C20H23N3O3.ClH/c1-12-4-3-5-14(8-12)19(25)23-17-9-15(7-6-13(17)2)22-20(26)18-10-16(24)11-21-18;/h3-9,16,18,21,24H,10-11H2,1-2H3,(H,22,26)(H,23,25);1H/t16-,18-;/m1./s1. The highest BCUT2D eigenvalue weighted by molar-refractivity contribution is 6.05. The summed E-state index contributed by atoms with van der Waals surface area (Å²) in [5.41, 5.74) is 3.75. The summed E-state index contributed by atoms with van der Waals surface area (Å²) in [4.78, 5) is 24.7. The molecule has 2 aromatic carbocycles. The van der Waals surface area contributed by atoms with Crippen LogP contribution in [0.4, 0.5) is 11.4 Å². The van der Waals surface area contributed by atoms with E-state index in [1.807, 2.05) is 38.1 Å². The van der Waals surface area contributed by atoms with Crippen LogP contribution in [0.25, 0.3) is 0 Å². The predicted molar refractivity (Wildman–Crippen MR) is 109 cm³/mol. The van der Waals surface area contributed by atoms with E-state index in [4.69, 9.17) is 0 Å². The van der Waals surface area contributed by atoms with Crippen LogP contribution in [0.1, 0.15) is 27.9 Å². The normalized spacial score (nSPS) is 18.5. The summed E-state index contributed by atoms with van der Waals surface area (Å²) in [5.74, 6) is -0.387. The third-order valence-electron chi connectivity index (χ3n) is 4.46. The molecule has 7 heteroatoms. The molecule has 3 rings (SSSR count). The largest absolute Gasteiger partial charge is 0.392 e. The first-order valence-corrected chi connectivity index (χ1v) is 8.63. The minimum atomic E-state index is -0.493. The van der Waals surface area contributed by atoms with E-state index in [1.54, 1.807) is 18.2 Å². The molecule has 1 aliphatic heterocycles. The number of hydrogen-bond acceptors (Lipinski definition) is 4. The molecule has 0 bridgehead atoms. The van der Waals surface area contributed by atoms with Gasteiger partial charge in [-0.2, -0.15) is 0 Å². The summed E-state index contributed by atoms with van der Waals surface area (Å²) in [6, 6.07) is 12.3. The van der Waals surface area contributed by atoms with E-state index in [2.05, 4.69) is 16.0 Å². The fourth-order valence-corrected chi connectivity index (χ4v) is 2.96. The Hall–Kier alpha value is -2.41. The summed E-state index contributed by atoms with van der Waals surface area (Å²) in [6.45, 7) is 4.25. The van der Waals surface area contributed by atoms with Crippen LogP contribution in [0, 0.1) is 13.8 Å². The molecule has 2 amide bonds. The maximum atomic E-state index is 12.5. The van der Waals surface area contributed by atoms with Gasteiger partial charge in [-0.25, -0.2) is 0 Å². The third kappa shape index (κ3) is 5.29. The second kappa shape index (κ2) is 8.99. The number of halogens is 1. The zero-order valence-corrected chi connectivity index (χ0v) is 16.1. The zero-order chi connectivity index (χ0) is 18.7. The maximum absolute atomic E-state index is 12.5. The molecule has 27 heavy (non-hydrogen) atoms. The van der Waals surface area contributed by atoms with Gasteiger partial charge < -0.3 is 21.1 Å². The molecular formula is C20H24ClN3O3. The van der Waals surface area contributed by atoms with Gasteiger partial charge in [0.25, 0.3) is 5.91 Å². The maximum Gasteiger partial charge on any atom is 0.255 e. The lowest BCUT2D eigenvalue weighted by molar-refractivity contribution is -0.117. The zero-order valence-electron chi connectivity index (χ0n) is 15.3. The fourth-order valence-electron chi connectivity index (χ4n) is 2.96. The van der Waals surface area contributed by atoms with Crippen molar-refractivity contribution < 1.29 is 14.7 Å². The first-order valence-electron chi connectivity index (χ1n) is 8.63. The Morgan fingerprint density at radius 3 is 2.56 bits per heavy atom. The van der Waals surface area contributed by atoms with E-state index >= 15 is 0 Å². The summed E-state index contributed by atoms with van der Waals surface area (Å²) in [5, 5.41) is 18.2. The lowest BCUT2D eigenvalue weighted by atomic mass is 10.1. The predicted octanol–water partition coefficient (Wildman–Crippen LogP) is 2.64. The molecule has 2 atom stereocenters. The average Bonchev–Trinajstić information content (AvgIpc) is 3.04. The van der Waals surface area contributed by atoms with Crippen molar-refractivity contribution in [3.63, 3.8) is 0 Å². The van der Waals surface area contributed by atoms with Gasteiger partial charge in [0.15, 0.2) is 0 Å². The number of anilines is 2. The summed E-state index contributed by atoms with van der Waals surface area (Å²) in [6.07, 6.45) is -0.0952. The van der Waals surface area contributed by atoms with Gasteiger partial charge >= 0.3 is 0 Å². The van der Waals surface area contributed by atoms with Gasteiger partial charge in [-0.05, 0) is 50.1 Å². The van der Waals surface area contributed by atoms with Crippen LogP contribution in [0.2, 0.25) is 0 Å². The van der Waals surface area contributed by atoms with Crippen LogP contribution in [0.3, 0.4) is 0 Å². The van der Waals surface area contributed by atoms with Crippen molar-refractivity contribution in [3.05, 3.63) is 59.2 Å². The highest BCUT2D eigenvalue weighted by atomic mass is 35.5. The van der Waals surface area contributed by atoms with Crippen LogP contribution in [-0.4, -0.2) is 35.6 Å². The number of hydrogen-bond donors (Lipinski definition) is 4. The molecule has 0 spiro atoms. The number of benzene rings is 2. The van der Waals surface area contributed by atoms with Gasteiger partial charge in [0.05, 0.1) is 12.1 Å². The number of aliphatic hydroxyl groups excluding tert-OH is 1. The van der Waals surface area contributed by atoms with Crippen LogP contribution in [0.5, 0.6) is 0 Å². The Morgan fingerprint density at radius 2 is 1.89 bits per heavy atom. The smallest absolute Gasteiger partial charge is 0.255 e. The highest BCUT2D eigenvalue weighted by Gasteiger charge is 2.28. The van der Waals surface area contributed by atoms with Crippen molar-refractivity contribution in [2.24, 2.45) is 0 Å². The fraction of sp³-hybridized carbons (Fsp3) is 0.300. The van der Waals surface area contributed by atoms with Crippen molar-refractivity contribution in [1.82, 2.24) is 5.32 Å². The molecule has 144 valence electrons. The number of nitrogens with one attached hydrogen (secondary N) is 3. The second-order valence-electron chi connectivity index (χ2n) is 6.69. The molecule has 0 radical (unpaired) electrons. The summed E-state index contributed by atoms with van der Waals surface area (Å²) < 4.78 is 0. The molecule has 0 aliphatic carbocycles. The van der Waals surface area contributed by atoms with E-state index < -0.39 is 12.1 Å². The third-order valence-corrected chi connectivity index (χ3v) is 4.46. The van der Waals surface area contributed by atoms with E-state index in [0.29, 0.717) is 29.9 Å². The summed E-state index contributed by atoms with van der Waals surface area (Å²) >= 11 is 0. The van der Waals surface area contributed by atoms with Gasteiger partial charge in [0.1, 0.15) is 0 Å². The topological polar surface area (TPSA) is 90.5 Å². The van der Waals surface area contributed by atoms with E-state index in [-0.39, 0.29) is 24.2 Å². The minimum Gasteiger partial charge on any atom is -0.392 e. The number of β-amino-alcohol motifs (C(OH)–C–C–N with tert-alkyl or cyclic N) is 1. The first-order chi connectivity index (χ1) is 12.4. The molecule has 0 saturated carbocycles. The number of aliphatic hydroxyl groups is 1.